The van der Waals surface area contributed by atoms with Crippen molar-refractivity contribution >= 4 is 10.0 Å². The maximum absolute atomic E-state index is 12.7. The van der Waals surface area contributed by atoms with Gasteiger partial charge in [0.1, 0.15) is 16.4 Å². The molecule has 0 atom stereocenters. The van der Waals surface area contributed by atoms with Crippen LogP contribution in [0.1, 0.15) is 51.1 Å². The first-order chi connectivity index (χ1) is 9.82. The maximum Gasteiger partial charge on any atom is 0.246 e. The molecule has 2 rings (SSSR count). The molecule has 0 aromatic carbocycles. The van der Waals surface area contributed by atoms with Crippen LogP contribution in [-0.2, 0) is 16.6 Å². The third kappa shape index (κ3) is 3.67. The Labute approximate surface area is 127 Å². The van der Waals surface area contributed by atoms with Gasteiger partial charge in [-0.3, -0.25) is 0 Å². The van der Waals surface area contributed by atoms with Crippen LogP contribution in [0, 0.1) is 6.92 Å². The highest BCUT2D eigenvalue weighted by molar-refractivity contribution is 7.89. The van der Waals surface area contributed by atoms with Gasteiger partial charge in [0.15, 0.2) is 0 Å². The minimum absolute atomic E-state index is 0.126. The molecule has 1 heterocycles. The summed E-state index contributed by atoms with van der Waals surface area (Å²) in [6.45, 7) is 6.35. The van der Waals surface area contributed by atoms with E-state index in [1.165, 1.54) is 4.31 Å². The zero-order valence-corrected chi connectivity index (χ0v) is 14.2. The van der Waals surface area contributed by atoms with Crippen LogP contribution in [0.2, 0.25) is 0 Å². The number of furan rings is 1. The van der Waals surface area contributed by atoms with Crippen molar-refractivity contribution in [2.75, 3.05) is 7.05 Å². The van der Waals surface area contributed by atoms with Crippen molar-refractivity contribution in [1.82, 2.24) is 9.62 Å². The smallest absolute Gasteiger partial charge is 0.246 e. The van der Waals surface area contributed by atoms with E-state index in [1.54, 1.807) is 20.0 Å². The van der Waals surface area contributed by atoms with Crippen molar-refractivity contribution in [3.8, 4) is 0 Å². The third-order valence-corrected chi connectivity index (χ3v) is 6.12. The molecule has 0 amide bonds. The maximum atomic E-state index is 12.7. The Bertz CT molecular complexity index is 572. The molecule has 1 aliphatic rings. The average Bonchev–Trinajstić information content (AvgIpc) is 3.04. The second-order valence-corrected chi connectivity index (χ2v) is 8.09. The molecule has 1 aliphatic carbocycles. The molecule has 1 saturated carbocycles. The van der Waals surface area contributed by atoms with Gasteiger partial charge in [0.2, 0.25) is 10.0 Å². The van der Waals surface area contributed by atoms with Crippen LogP contribution >= 0.6 is 0 Å². The summed E-state index contributed by atoms with van der Waals surface area (Å²) < 4.78 is 32.6. The molecule has 0 radical (unpaired) electrons. The molecule has 6 heteroatoms. The zero-order chi connectivity index (χ0) is 15.6. The topological polar surface area (TPSA) is 62.6 Å². The molecule has 0 unspecified atom stereocenters. The predicted octanol–water partition coefficient (Wildman–Crippen LogP) is 2.65. The molecule has 1 aromatic rings. The highest BCUT2D eigenvalue weighted by Gasteiger charge is 2.32. The summed E-state index contributed by atoms with van der Waals surface area (Å²) in [4.78, 5) is 0.303. The van der Waals surface area contributed by atoms with E-state index in [9.17, 15) is 8.42 Å². The fraction of sp³-hybridized carbons (Fsp3) is 0.733. The molecular weight excluding hydrogens is 288 g/mol. The monoisotopic (exact) mass is 314 g/mol. The van der Waals surface area contributed by atoms with Gasteiger partial charge in [-0.25, -0.2) is 8.42 Å². The van der Waals surface area contributed by atoms with Gasteiger partial charge in [-0.2, -0.15) is 4.31 Å². The van der Waals surface area contributed by atoms with Gasteiger partial charge in [0, 0.05) is 25.2 Å². The fourth-order valence-corrected chi connectivity index (χ4v) is 4.39. The van der Waals surface area contributed by atoms with Crippen LogP contribution in [0.3, 0.4) is 0 Å². The van der Waals surface area contributed by atoms with Crippen LogP contribution in [0.5, 0.6) is 0 Å². The molecule has 5 nitrogen and oxygen atoms in total. The second kappa shape index (κ2) is 6.50. The highest BCUT2D eigenvalue weighted by atomic mass is 32.2. The summed E-state index contributed by atoms with van der Waals surface area (Å²) >= 11 is 0. The van der Waals surface area contributed by atoms with Gasteiger partial charge >= 0.3 is 0 Å². The fourth-order valence-electron chi connectivity index (χ4n) is 2.79. The van der Waals surface area contributed by atoms with Crippen molar-refractivity contribution in [1.29, 1.82) is 0 Å². The zero-order valence-electron chi connectivity index (χ0n) is 13.3. The van der Waals surface area contributed by atoms with Crippen molar-refractivity contribution < 1.29 is 12.8 Å². The lowest BCUT2D eigenvalue weighted by Crippen LogP contribution is -2.35. The van der Waals surface area contributed by atoms with E-state index in [-0.39, 0.29) is 6.04 Å². The van der Waals surface area contributed by atoms with Crippen LogP contribution in [-0.4, -0.2) is 31.9 Å². The number of sulfonamides is 1. The summed E-state index contributed by atoms with van der Waals surface area (Å²) in [6, 6.07) is 2.11. The van der Waals surface area contributed by atoms with Gasteiger partial charge in [-0.15, -0.1) is 0 Å². The highest BCUT2D eigenvalue weighted by Crippen LogP contribution is 2.29. The number of nitrogens with one attached hydrogen (secondary N) is 1. The van der Waals surface area contributed by atoms with Gasteiger partial charge in [0.05, 0.1) is 6.54 Å². The van der Waals surface area contributed by atoms with E-state index in [0.717, 1.165) is 25.7 Å². The molecule has 1 N–H and O–H groups in total. The van der Waals surface area contributed by atoms with Gasteiger partial charge < -0.3 is 9.73 Å². The SMILES string of the molecule is Cc1oc(CNC(C)C)cc1S(=O)(=O)N(C)C1CCCC1. The first-order valence-corrected chi connectivity index (χ1v) is 9.07. The van der Waals surface area contributed by atoms with Crippen LogP contribution in [0.4, 0.5) is 0 Å². The number of aryl methyl sites for hydroxylation is 1. The van der Waals surface area contributed by atoms with E-state index < -0.39 is 10.0 Å². The Kier molecular flexibility index (Phi) is 5.11. The summed E-state index contributed by atoms with van der Waals surface area (Å²) in [5.41, 5.74) is 0. The van der Waals surface area contributed by atoms with Crippen molar-refractivity contribution in [3.63, 3.8) is 0 Å². The quantitative estimate of drug-likeness (QED) is 0.877. The van der Waals surface area contributed by atoms with Gasteiger partial charge in [0.25, 0.3) is 0 Å². The molecule has 1 fully saturated rings. The molecular formula is C15H26N2O3S. The summed E-state index contributed by atoms with van der Waals surface area (Å²) in [5.74, 6) is 1.14. The average molecular weight is 314 g/mol. The van der Waals surface area contributed by atoms with Crippen molar-refractivity contribution in [2.24, 2.45) is 0 Å². The van der Waals surface area contributed by atoms with Crippen molar-refractivity contribution in [2.45, 2.75) is 70.0 Å². The molecule has 21 heavy (non-hydrogen) atoms. The number of rotatable bonds is 6. The lowest BCUT2D eigenvalue weighted by Gasteiger charge is -2.23. The Hall–Kier alpha value is -0.850. The van der Waals surface area contributed by atoms with E-state index in [4.69, 9.17) is 4.42 Å². The van der Waals surface area contributed by atoms with E-state index in [0.29, 0.717) is 29.0 Å². The molecule has 0 spiro atoms. The number of hydrogen-bond acceptors (Lipinski definition) is 4. The minimum Gasteiger partial charge on any atom is -0.464 e. The first kappa shape index (κ1) is 16.5. The lowest BCUT2D eigenvalue weighted by molar-refractivity contribution is 0.371. The van der Waals surface area contributed by atoms with Crippen LogP contribution < -0.4 is 5.32 Å². The van der Waals surface area contributed by atoms with Crippen LogP contribution in [0.25, 0.3) is 0 Å². The summed E-state index contributed by atoms with van der Waals surface area (Å²) in [6.07, 6.45) is 4.12. The lowest BCUT2D eigenvalue weighted by atomic mass is 10.3. The summed E-state index contributed by atoms with van der Waals surface area (Å²) in [5, 5.41) is 3.24. The summed E-state index contributed by atoms with van der Waals surface area (Å²) in [7, 11) is -1.77. The Balaban J connectivity index is 2.19. The van der Waals surface area contributed by atoms with E-state index >= 15 is 0 Å². The molecule has 120 valence electrons. The van der Waals surface area contributed by atoms with Gasteiger partial charge in [-0.05, 0) is 19.8 Å². The number of hydrogen-bond donors (Lipinski definition) is 1. The molecule has 0 saturated heterocycles. The Morgan fingerprint density at radius 1 is 1.38 bits per heavy atom. The second-order valence-electron chi connectivity index (χ2n) is 6.13. The predicted molar refractivity (Wildman–Crippen MR) is 82.6 cm³/mol. The largest absolute Gasteiger partial charge is 0.464 e. The minimum atomic E-state index is -3.46. The Morgan fingerprint density at radius 2 is 2.00 bits per heavy atom. The number of nitrogens with zero attached hydrogens (tertiary/aromatic N) is 1. The third-order valence-electron chi connectivity index (χ3n) is 4.10. The normalized spacial score (nSPS) is 17.2. The van der Waals surface area contributed by atoms with Gasteiger partial charge in [-0.1, -0.05) is 26.7 Å². The standard InChI is InChI=1S/C15H26N2O3S/c1-11(2)16-10-14-9-15(12(3)20-14)21(18,19)17(4)13-7-5-6-8-13/h9,11,13,16H,5-8,10H2,1-4H3. The van der Waals surface area contributed by atoms with Crippen LogP contribution in [0.15, 0.2) is 15.4 Å². The molecule has 0 bridgehead atoms. The first-order valence-electron chi connectivity index (χ1n) is 7.63. The Morgan fingerprint density at radius 3 is 2.57 bits per heavy atom. The molecule has 1 aromatic heterocycles. The van der Waals surface area contributed by atoms with E-state index in [1.807, 2.05) is 13.8 Å². The van der Waals surface area contributed by atoms with Crippen molar-refractivity contribution in [3.05, 3.63) is 17.6 Å². The van der Waals surface area contributed by atoms with E-state index in [2.05, 4.69) is 5.32 Å². The molecule has 0 aliphatic heterocycles.